The Bertz CT molecular complexity index is 644. The van der Waals surface area contributed by atoms with Crippen LogP contribution >= 0.6 is 0 Å². The Morgan fingerprint density at radius 2 is 2.00 bits per heavy atom. The minimum Gasteiger partial charge on any atom is -0.464 e. The quantitative estimate of drug-likeness (QED) is 0.839. The molecule has 2 aromatic rings. The first-order valence-electron chi connectivity index (χ1n) is 5.96. The fourth-order valence-corrected chi connectivity index (χ4v) is 2.16. The Balaban J connectivity index is 2.63. The number of carbonyl (C=O) groups is 1. The number of esters is 1. The number of methoxy groups -OCH3 is 1. The lowest BCUT2D eigenvalue weighted by Gasteiger charge is -2.11. The normalized spacial score (nSPS) is 10.5. The highest BCUT2D eigenvalue weighted by Gasteiger charge is 2.20. The summed E-state index contributed by atoms with van der Waals surface area (Å²) in [6, 6.07) is 6.03. The van der Waals surface area contributed by atoms with Crippen LogP contribution in [0.2, 0.25) is 0 Å². The topological polar surface area (TPSA) is 70.1 Å². The van der Waals surface area contributed by atoms with Crippen LogP contribution in [-0.4, -0.2) is 22.6 Å². The summed E-state index contributed by atoms with van der Waals surface area (Å²) in [7, 11) is 1.31. The van der Waals surface area contributed by atoms with Crippen LogP contribution in [0.4, 0.5) is 5.82 Å². The van der Waals surface area contributed by atoms with E-state index in [1.54, 1.807) is 4.57 Å². The number of ether oxygens (including phenoxy) is 1. The molecule has 100 valence electrons. The summed E-state index contributed by atoms with van der Waals surface area (Å²) >= 11 is 0. The molecule has 1 aromatic heterocycles. The van der Waals surface area contributed by atoms with E-state index in [0.29, 0.717) is 11.6 Å². The molecule has 0 aliphatic heterocycles. The number of nitrogens with two attached hydrogens (primary N) is 1. The monoisotopic (exact) mass is 259 g/mol. The number of benzene rings is 1. The van der Waals surface area contributed by atoms with E-state index in [2.05, 4.69) is 15.8 Å². The third-order valence-electron chi connectivity index (χ3n) is 3.05. The lowest BCUT2D eigenvalue weighted by molar-refractivity contribution is 0.0596. The van der Waals surface area contributed by atoms with E-state index in [-0.39, 0.29) is 5.69 Å². The third-order valence-corrected chi connectivity index (χ3v) is 3.05. The average Bonchev–Trinajstić information content (AvgIpc) is 2.65. The minimum atomic E-state index is -0.524. The van der Waals surface area contributed by atoms with Crippen LogP contribution in [0.15, 0.2) is 18.2 Å². The van der Waals surface area contributed by atoms with Gasteiger partial charge in [0.1, 0.15) is 11.6 Å². The second-order valence-corrected chi connectivity index (χ2v) is 4.51. The maximum Gasteiger partial charge on any atom is 0.360 e. The molecule has 1 heterocycles. The SMILES string of the molecule is COC(=O)c1nc(C)n(-c2ccc(C)cc2C)c1N. The Hall–Kier alpha value is -2.30. The smallest absolute Gasteiger partial charge is 0.360 e. The molecule has 1 aromatic carbocycles. The maximum atomic E-state index is 11.6. The van der Waals surface area contributed by atoms with Gasteiger partial charge < -0.3 is 10.5 Å². The Morgan fingerprint density at radius 1 is 1.32 bits per heavy atom. The van der Waals surface area contributed by atoms with Gasteiger partial charge in [-0.05, 0) is 32.4 Å². The lowest BCUT2D eigenvalue weighted by Crippen LogP contribution is -2.08. The second kappa shape index (κ2) is 4.76. The van der Waals surface area contributed by atoms with Crippen molar-refractivity contribution < 1.29 is 9.53 Å². The van der Waals surface area contributed by atoms with E-state index in [4.69, 9.17) is 5.73 Å². The van der Waals surface area contributed by atoms with Gasteiger partial charge in [0, 0.05) is 0 Å². The predicted molar refractivity (Wildman–Crippen MR) is 73.5 cm³/mol. The molecule has 0 aliphatic carbocycles. The number of nitrogen functional groups attached to an aromatic ring is 1. The molecule has 0 atom stereocenters. The first-order valence-corrected chi connectivity index (χ1v) is 5.96. The van der Waals surface area contributed by atoms with E-state index in [1.807, 2.05) is 32.9 Å². The van der Waals surface area contributed by atoms with Gasteiger partial charge in [-0.3, -0.25) is 4.57 Å². The van der Waals surface area contributed by atoms with Crippen molar-refractivity contribution in [2.24, 2.45) is 0 Å². The third kappa shape index (κ3) is 2.19. The number of nitrogens with zero attached hydrogens (tertiary/aromatic N) is 2. The van der Waals surface area contributed by atoms with Crippen LogP contribution in [0.5, 0.6) is 0 Å². The van der Waals surface area contributed by atoms with Crippen LogP contribution in [0.3, 0.4) is 0 Å². The van der Waals surface area contributed by atoms with Gasteiger partial charge in [0.2, 0.25) is 0 Å². The fraction of sp³-hybridized carbons (Fsp3) is 0.286. The second-order valence-electron chi connectivity index (χ2n) is 4.51. The first-order chi connectivity index (χ1) is 8.95. The van der Waals surface area contributed by atoms with Crippen molar-refractivity contribution in [2.45, 2.75) is 20.8 Å². The number of carbonyl (C=O) groups excluding carboxylic acids is 1. The zero-order valence-corrected chi connectivity index (χ0v) is 11.5. The van der Waals surface area contributed by atoms with Gasteiger partial charge in [-0.1, -0.05) is 17.7 Å². The minimum absolute atomic E-state index is 0.153. The summed E-state index contributed by atoms with van der Waals surface area (Å²) < 4.78 is 6.44. The van der Waals surface area contributed by atoms with Gasteiger partial charge in [0.25, 0.3) is 0 Å². The molecule has 0 amide bonds. The Morgan fingerprint density at radius 3 is 2.58 bits per heavy atom. The highest BCUT2D eigenvalue weighted by molar-refractivity contribution is 5.92. The number of anilines is 1. The van der Waals surface area contributed by atoms with E-state index >= 15 is 0 Å². The van der Waals surface area contributed by atoms with E-state index in [9.17, 15) is 4.79 Å². The van der Waals surface area contributed by atoms with Gasteiger partial charge in [-0.25, -0.2) is 9.78 Å². The molecule has 0 spiro atoms. The molecule has 0 saturated heterocycles. The highest BCUT2D eigenvalue weighted by Crippen LogP contribution is 2.24. The van der Waals surface area contributed by atoms with Crippen LogP contribution < -0.4 is 5.73 Å². The van der Waals surface area contributed by atoms with Crippen molar-refractivity contribution in [1.29, 1.82) is 0 Å². The molecule has 0 unspecified atom stereocenters. The molecule has 0 fully saturated rings. The van der Waals surface area contributed by atoms with Crippen LogP contribution in [-0.2, 0) is 4.74 Å². The van der Waals surface area contributed by atoms with Gasteiger partial charge in [-0.15, -0.1) is 0 Å². The first kappa shape index (κ1) is 13.1. The molecule has 5 nitrogen and oxygen atoms in total. The maximum absolute atomic E-state index is 11.6. The van der Waals surface area contributed by atoms with Crippen molar-refractivity contribution in [3.63, 3.8) is 0 Å². The zero-order chi connectivity index (χ0) is 14.2. The summed E-state index contributed by atoms with van der Waals surface area (Å²) in [5.41, 5.74) is 9.34. The summed E-state index contributed by atoms with van der Waals surface area (Å²) in [6.45, 7) is 5.84. The molecule has 0 radical (unpaired) electrons. The molecular formula is C14H17N3O2. The highest BCUT2D eigenvalue weighted by atomic mass is 16.5. The molecule has 5 heteroatoms. The number of hydrogen-bond acceptors (Lipinski definition) is 4. The van der Waals surface area contributed by atoms with Crippen LogP contribution in [0.1, 0.15) is 27.4 Å². The molecule has 0 saturated carbocycles. The number of hydrogen-bond donors (Lipinski definition) is 1. The average molecular weight is 259 g/mol. The number of aromatic nitrogens is 2. The molecule has 2 rings (SSSR count). The van der Waals surface area contributed by atoms with E-state index in [0.717, 1.165) is 11.3 Å². The van der Waals surface area contributed by atoms with Crippen molar-refractivity contribution >= 4 is 11.8 Å². The van der Waals surface area contributed by atoms with Gasteiger partial charge in [0.15, 0.2) is 5.69 Å². The number of rotatable bonds is 2. The van der Waals surface area contributed by atoms with Crippen molar-refractivity contribution in [3.8, 4) is 5.69 Å². The zero-order valence-electron chi connectivity index (χ0n) is 11.5. The fourth-order valence-electron chi connectivity index (χ4n) is 2.16. The Kier molecular flexibility index (Phi) is 3.29. The van der Waals surface area contributed by atoms with Crippen molar-refractivity contribution in [2.75, 3.05) is 12.8 Å². The van der Waals surface area contributed by atoms with Crippen LogP contribution in [0, 0.1) is 20.8 Å². The van der Waals surface area contributed by atoms with E-state index < -0.39 is 5.97 Å². The number of imidazole rings is 1. The summed E-state index contributed by atoms with van der Waals surface area (Å²) in [5, 5.41) is 0. The lowest BCUT2D eigenvalue weighted by atomic mass is 10.1. The largest absolute Gasteiger partial charge is 0.464 e. The van der Waals surface area contributed by atoms with Gasteiger partial charge in [-0.2, -0.15) is 0 Å². The summed E-state index contributed by atoms with van der Waals surface area (Å²) in [4.78, 5) is 15.8. The molecule has 0 bridgehead atoms. The van der Waals surface area contributed by atoms with Crippen molar-refractivity contribution in [1.82, 2.24) is 9.55 Å². The molecule has 2 N–H and O–H groups in total. The van der Waals surface area contributed by atoms with Gasteiger partial charge >= 0.3 is 5.97 Å². The van der Waals surface area contributed by atoms with E-state index in [1.165, 1.54) is 12.7 Å². The van der Waals surface area contributed by atoms with Gasteiger partial charge in [0.05, 0.1) is 12.8 Å². The number of aryl methyl sites for hydroxylation is 3. The van der Waals surface area contributed by atoms with Crippen molar-refractivity contribution in [3.05, 3.63) is 40.8 Å². The standard InChI is InChI=1S/C14H17N3O2/c1-8-5-6-11(9(2)7-8)17-10(3)16-12(13(17)15)14(18)19-4/h5-7H,15H2,1-4H3. The summed E-state index contributed by atoms with van der Waals surface area (Å²) in [6.07, 6.45) is 0. The molecular weight excluding hydrogens is 242 g/mol. The molecule has 19 heavy (non-hydrogen) atoms. The summed E-state index contributed by atoms with van der Waals surface area (Å²) in [5.74, 6) is 0.435. The van der Waals surface area contributed by atoms with Crippen LogP contribution in [0.25, 0.3) is 5.69 Å². The predicted octanol–water partition coefficient (Wildman–Crippen LogP) is 2.17. The Labute approximate surface area is 112 Å². The molecule has 0 aliphatic rings.